The van der Waals surface area contributed by atoms with E-state index in [9.17, 15) is 9.90 Å². The van der Waals surface area contributed by atoms with E-state index in [0.29, 0.717) is 40.2 Å². The van der Waals surface area contributed by atoms with E-state index in [1.807, 2.05) is 60.7 Å². The fraction of sp³-hybridized carbons (Fsp3) is 0.308. The number of benzene rings is 6. The highest BCUT2D eigenvalue weighted by atomic mass is 16.5. The molecular weight excluding hydrogens is 766 g/mol. The van der Waals surface area contributed by atoms with Gasteiger partial charge in [0, 0.05) is 38.6 Å². The lowest BCUT2D eigenvalue weighted by Crippen LogP contribution is -2.48. The van der Waals surface area contributed by atoms with Crippen molar-refractivity contribution in [2.24, 2.45) is 16.7 Å². The molecule has 1 aliphatic carbocycles. The van der Waals surface area contributed by atoms with Crippen LogP contribution in [0, 0.1) is 11.8 Å². The molecule has 4 N–H and O–H groups in total. The van der Waals surface area contributed by atoms with E-state index in [2.05, 4.69) is 91.9 Å². The summed E-state index contributed by atoms with van der Waals surface area (Å²) < 4.78 is 12.4. The number of nitrogens with zero attached hydrogens (tertiary/aromatic N) is 1. The van der Waals surface area contributed by atoms with E-state index in [4.69, 9.17) is 14.4 Å². The Kier molecular flexibility index (Phi) is 12.0. The Hall–Kier alpha value is -6.15. The Morgan fingerprint density at radius 2 is 1.21 bits per heavy atom. The number of carbonyl (C=O) groups excluding carboxylic acids is 1. The Balaban J connectivity index is 1.04. The number of Topliss-reactive ketones (excluding diaryl/α,β-unsaturated/α-hetero) is 1. The molecule has 0 aromatic heterocycles. The van der Waals surface area contributed by atoms with Gasteiger partial charge in [0.1, 0.15) is 17.3 Å². The van der Waals surface area contributed by atoms with Crippen LogP contribution in [0.5, 0.6) is 11.5 Å². The molecule has 0 radical (unpaired) electrons. The topological polar surface area (TPSA) is 104 Å². The highest BCUT2D eigenvalue weighted by Crippen LogP contribution is 2.45. The van der Waals surface area contributed by atoms with Crippen molar-refractivity contribution in [2.45, 2.75) is 79.1 Å². The van der Waals surface area contributed by atoms with Gasteiger partial charge in [0.15, 0.2) is 0 Å². The first-order valence-electron chi connectivity index (χ1n) is 22.8. The minimum Gasteiger partial charge on any atom is -0.506 e. The highest BCUT2D eigenvalue weighted by Gasteiger charge is 2.39. The second-order valence-corrected chi connectivity index (χ2v) is 17.2. The number of allylic oxidation sites excluding steroid dienone is 2. The summed E-state index contributed by atoms with van der Waals surface area (Å²) in [6.07, 6.45) is 9.41. The van der Waals surface area contributed by atoms with Gasteiger partial charge in [-0.3, -0.25) is 4.79 Å². The number of nitrogens with one attached hydrogen (secondary N) is 3. The lowest BCUT2D eigenvalue weighted by molar-refractivity contribution is -0.109. The molecule has 2 unspecified atom stereocenters. The zero-order chi connectivity index (χ0) is 42.7. The third kappa shape index (κ3) is 7.92. The van der Waals surface area contributed by atoms with E-state index in [1.165, 1.54) is 38.5 Å². The number of ketones is 1. The summed E-state index contributed by atoms with van der Waals surface area (Å²) in [7, 11) is 0. The van der Waals surface area contributed by atoms with Crippen LogP contribution in [0.1, 0.15) is 84.6 Å². The molecule has 3 aliphatic rings. The summed E-state index contributed by atoms with van der Waals surface area (Å²) in [6, 6.07) is 36.6. The minimum atomic E-state index is -0.394. The normalized spacial score (nSPS) is 16.0. The smallest absolute Gasteiger partial charge is 0.427 e. The minimum absolute atomic E-state index is 0.0185. The Bertz CT molecular complexity index is 2790. The van der Waals surface area contributed by atoms with Crippen molar-refractivity contribution in [3.63, 3.8) is 0 Å². The quantitative estimate of drug-likeness (QED) is 0.0680. The number of anilines is 3. The van der Waals surface area contributed by atoms with Crippen molar-refractivity contribution in [1.82, 2.24) is 0 Å². The zero-order valence-electron chi connectivity index (χ0n) is 36.4. The van der Waals surface area contributed by atoms with E-state index in [1.54, 1.807) is 0 Å². The zero-order valence-corrected chi connectivity index (χ0v) is 36.4. The summed E-state index contributed by atoms with van der Waals surface area (Å²) in [5.41, 5.74) is 5.98. The van der Waals surface area contributed by atoms with Gasteiger partial charge in [0.05, 0.1) is 29.7 Å². The van der Waals surface area contributed by atoms with Crippen LogP contribution in [0.15, 0.2) is 120 Å². The first kappa shape index (κ1) is 41.2. The first-order valence-corrected chi connectivity index (χ1v) is 22.8. The van der Waals surface area contributed by atoms with Crippen LogP contribution in [-0.4, -0.2) is 38.1 Å². The molecule has 0 saturated carbocycles. The maximum absolute atomic E-state index is 14.6. The highest BCUT2D eigenvalue weighted by molar-refractivity contribution is 6.80. The third-order valence-corrected chi connectivity index (χ3v) is 13.1. The molecule has 9 rings (SSSR count). The van der Waals surface area contributed by atoms with Crippen LogP contribution in [-0.2, 0) is 4.79 Å². The number of aliphatic hydroxyl groups is 1. The predicted molar refractivity (Wildman–Crippen MR) is 259 cm³/mol. The predicted octanol–water partition coefficient (Wildman–Crippen LogP) is 9.56. The molecule has 10 heteroatoms. The van der Waals surface area contributed by atoms with Crippen LogP contribution in [0.25, 0.3) is 32.7 Å². The molecule has 8 nitrogen and oxygen atoms in total. The largest absolute Gasteiger partial charge is 0.506 e. The Morgan fingerprint density at radius 1 is 0.629 bits per heavy atom. The van der Waals surface area contributed by atoms with Crippen LogP contribution in [0.4, 0.5) is 17.1 Å². The van der Waals surface area contributed by atoms with Gasteiger partial charge in [-0.25, -0.2) is 0 Å². The second-order valence-electron chi connectivity index (χ2n) is 17.2. The van der Waals surface area contributed by atoms with Gasteiger partial charge >= 0.3 is 14.0 Å². The average molecular weight is 823 g/mol. The van der Waals surface area contributed by atoms with Gasteiger partial charge in [0.25, 0.3) is 0 Å². The van der Waals surface area contributed by atoms with Crippen molar-refractivity contribution in [3.05, 3.63) is 131 Å². The molecule has 0 spiro atoms. The fourth-order valence-corrected chi connectivity index (χ4v) is 9.27. The van der Waals surface area contributed by atoms with E-state index < -0.39 is 6.98 Å². The molecule has 0 bridgehead atoms. The van der Waals surface area contributed by atoms with E-state index in [0.717, 1.165) is 80.5 Å². The molecule has 0 fully saturated rings. The summed E-state index contributed by atoms with van der Waals surface area (Å²) in [4.78, 5) is 19.8. The van der Waals surface area contributed by atoms with Crippen molar-refractivity contribution in [3.8, 4) is 11.5 Å². The number of carbonyl (C=O) groups is 1. The van der Waals surface area contributed by atoms with Crippen molar-refractivity contribution in [2.75, 3.05) is 28.9 Å². The third-order valence-electron chi connectivity index (χ3n) is 13.1. The standard InChI is InChI=1S/C52H56B2N4O4/c1-5-9-13-33(7-3)31-61-39-25-21-37(22-26-39)53-55-43-17-11-15-35-19-29-41(49(57-53)45(35)43)47-51(59)48(52(47)60)42-30-20-36-16-12-18-44-46(36)50(42)58-54(56-44)38-23-27-40(28-24-38)62-32-34(8-4)14-10-6-2/h11-12,15-30,33-34,55-57,59H,5-10,13-14,31-32H2,1-4H3/b48-42-. The molecule has 62 heavy (non-hydrogen) atoms. The van der Waals surface area contributed by atoms with Gasteiger partial charge in [-0.15, -0.1) is 0 Å². The van der Waals surface area contributed by atoms with E-state index in [-0.39, 0.29) is 24.1 Å². The SMILES string of the molecule is CCCCC(CC)COc1ccc(B2N=c3/c(=C4\C(=O)C(c5ccc6cccc7c6c5NB(c5ccc(OCC(CC)CCCC)cc5)N7)=C4O)ccc4cccc(c34)N2)cc1. The van der Waals surface area contributed by atoms with Crippen molar-refractivity contribution >= 4 is 80.4 Å². The number of hydrogen-bond donors (Lipinski definition) is 4. The summed E-state index contributed by atoms with van der Waals surface area (Å²) in [5, 5.41) is 28.3. The van der Waals surface area contributed by atoms with Gasteiger partial charge in [-0.05, 0) is 82.8 Å². The molecule has 2 atom stereocenters. The fourth-order valence-electron chi connectivity index (χ4n) is 9.27. The van der Waals surface area contributed by atoms with Crippen LogP contribution in [0.2, 0.25) is 0 Å². The summed E-state index contributed by atoms with van der Waals surface area (Å²) >= 11 is 0. The number of ether oxygens (including phenoxy) is 2. The Morgan fingerprint density at radius 3 is 1.81 bits per heavy atom. The molecule has 0 amide bonds. The molecule has 6 aromatic carbocycles. The number of aliphatic hydroxyl groups excluding tert-OH is 1. The number of rotatable bonds is 17. The lowest BCUT2D eigenvalue weighted by Gasteiger charge is -2.31. The monoisotopic (exact) mass is 822 g/mol. The molecule has 0 saturated heterocycles. The van der Waals surface area contributed by atoms with E-state index >= 15 is 0 Å². The average Bonchev–Trinajstić information content (AvgIpc) is 3.31. The van der Waals surface area contributed by atoms with Crippen LogP contribution >= 0.6 is 0 Å². The molecule has 2 aliphatic heterocycles. The molecule has 6 aromatic rings. The Labute approximate surface area is 365 Å². The maximum atomic E-state index is 14.6. The number of hydrogen-bond acceptors (Lipinski definition) is 8. The number of unbranched alkanes of at least 4 members (excludes halogenated alkanes) is 2. The maximum Gasteiger partial charge on any atom is 0.427 e. The first-order chi connectivity index (χ1) is 30.4. The molecule has 314 valence electrons. The van der Waals surface area contributed by atoms with Crippen molar-refractivity contribution < 1.29 is 19.4 Å². The van der Waals surface area contributed by atoms with Crippen LogP contribution < -0.4 is 46.7 Å². The summed E-state index contributed by atoms with van der Waals surface area (Å²) in [6.45, 7) is 9.69. The second kappa shape index (κ2) is 18.1. The van der Waals surface area contributed by atoms with Crippen molar-refractivity contribution in [1.29, 1.82) is 0 Å². The van der Waals surface area contributed by atoms with Gasteiger partial charge < -0.3 is 35.2 Å². The van der Waals surface area contributed by atoms with Gasteiger partial charge in [-0.1, -0.05) is 139 Å². The van der Waals surface area contributed by atoms with Gasteiger partial charge in [-0.2, -0.15) is 0 Å². The van der Waals surface area contributed by atoms with Crippen LogP contribution in [0.3, 0.4) is 0 Å². The molecular formula is C52H56B2N4O4. The molecule has 2 heterocycles. The lowest BCUT2D eigenvalue weighted by atomic mass is 9.65. The summed E-state index contributed by atoms with van der Waals surface area (Å²) in [5.74, 6) is 2.58. The van der Waals surface area contributed by atoms with Gasteiger partial charge in [0.2, 0.25) is 5.78 Å².